The van der Waals surface area contributed by atoms with Gasteiger partial charge >= 0.3 is 15.6 Å². The zero-order valence-corrected chi connectivity index (χ0v) is 19.2. The number of thiazole rings is 1. The predicted molar refractivity (Wildman–Crippen MR) is 119 cm³/mol. The highest BCUT2D eigenvalue weighted by molar-refractivity contribution is 7.88. The van der Waals surface area contributed by atoms with Crippen molar-refractivity contribution < 1.29 is 30.6 Å². The number of fused-ring (bicyclic) bond motifs is 2. The van der Waals surface area contributed by atoms with Crippen LogP contribution >= 0.6 is 11.3 Å². The van der Waals surface area contributed by atoms with Gasteiger partial charge in [-0.05, 0) is 72.6 Å². The molecule has 0 fully saturated rings. The maximum Gasteiger partial charge on any atom is 0.534 e. The number of carbonyl (C=O) groups is 1. The zero-order chi connectivity index (χ0) is 23.9. The van der Waals surface area contributed by atoms with Gasteiger partial charge in [0, 0.05) is 12.1 Å². The maximum absolute atomic E-state index is 12.7. The van der Waals surface area contributed by atoms with Gasteiger partial charge in [0.25, 0.3) is 5.91 Å². The monoisotopic (exact) mass is 498 g/mol. The molecule has 2 aromatic carbocycles. The van der Waals surface area contributed by atoms with E-state index >= 15 is 0 Å². The van der Waals surface area contributed by atoms with Crippen LogP contribution in [0, 0.1) is 0 Å². The molecule has 4 rings (SSSR count). The van der Waals surface area contributed by atoms with Crippen molar-refractivity contribution in [2.75, 3.05) is 6.54 Å². The lowest BCUT2D eigenvalue weighted by Crippen LogP contribution is -2.34. The van der Waals surface area contributed by atoms with E-state index in [0.717, 1.165) is 40.6 Å². The first kappa shape index (κ1) is 23.5. The van der Waals surface area contributed by atoms with Crippen LogP contribution in [0.1, 0.15) is 47.7 Å². The molecule has 0 radical (unpaired) electrons. The van der Waals surface area contributed by atoms with Gasteiger partial charge in [-0.2, -0.15) is 21.6 Å². The number of alkyl halides is 3. The summed E-state index contributed by atoms with van der Waals surface area (Å²) in [6.07, 6.45) is 2.89. The summed E-state index contributed by atoms with van der Waals surface area (Å²) in [5.74, 6) is -0.598. The second kappa shape index (κ2) is 8.60. The Morgan fingerprint density at radius 2 is 2.03 bits per heavy atom. The lowest BCUT2D eigenvalue weighted by Gasteiger charge is -2.36. The van der Waals surface area contributed by atoms with Crippen LogP contribution in [0.5, 0.6) is 5.75 Å². The highest BCUT2D eigenvalue weighted by Gasteiger charge is 2.48. The van der Waals surface area contributed by atoms with E-state index in [2.05, 4.69) is 14.5 Å². The molecule has 1 heterocycles. The van der Waals surface area contributed by atoms with E-state index < -0.39 is 21.0 Å². The Labute approximate surface area is 192 Å². The third kappa shape index (κ3) is 4.84. The van der Waals surface area contributed by atoms with Gasteiger partial charge in [-0.3, -0.25) is 4.79 Å². The average molecular weight is 499 g/mol. The molecule has 1 atom stereocenters. The number of benzene rings is 2. The normalized spacial score (nSPS) is 18.7. The van der Waals surface area contributed by atoms with Gasteiger partial charge in [0.05, 0.1) is 15.7 Å². The van der Waals surface area contributed by atoms with Gasteiger partial charge in [0.2, 0.25) is 0 Å². The Hall–Kier alpha value is -2.66. The molecular weight excluding hydrogens is 477 g/mol. The van der Waals surface area contributed by atoms with Crippen molar-refractivity contribution in [2.24, 2.45) is 0 Å². The molecule has 11 heteroatoms. The number of halogens is 3. The molecular formula is C22H21F3N2O4S2. The standard InChI is InChI=1S/C22H21F3N2O4S2/c1-21(9-10-26-20(28)15-5-7-18-19(11-15)32-13-27-18)8-2-3-14-4-6-16(12-17(14)21)31-33(29,30)22(23,24)25/h4-7,11-13H,2-3,8-10H2,1H3,(H,26,28). The Balaban J connectivity index is 1.48. The fraction of sp³-hybridized carbons (Fsp3) is 0.364. The van der Waals surface area contributed by atoms with Crippen molar-refractivity contribution in [3.8, 4) is 5.75 Å². The first-order valence-corrected chi connectivity index (χ1v) is 12.5. The van der Waals surface area contributed by atoms with E-state index in [0.29, 0.717) is 18.5 Å². The van der Waals surface area contributed by atoms with Crippen LogP contribution in [0.15, 0.2) is 41.9 Å². The van der Waals surface area contributed by atoms with Crippen LogP contribution in [0.2, 0.25) is 0 Å². The molecule has 1 aliphatic rings. The van der Waals surface area contributed by atoms with E-state index in [4.69, 9.17) is 0 Å². The fourth-order valence-electron chi connectivity index (χ4n) is 4.17. The Kier molecular flexibility index (Phi) is 6.12. The minimum Gasteiger partial charge on any atom is -0.376 e. The molecule has 0 saturated heterocycles. The largest absolute Gasteiger partial charge is 0.534 e. The van der Waals surface area contributed by atoms with Gasteiger partial charge in [-0.1, -0.05) is 13.0 Å². The van der Waals surface area contributed by atoms with Crippen LogP contribution in [0.25, 0.3) is 10.2 Å². The SMILES string of the molecule is CC1(CCNC(=O)c2ccc3ncsc3c2)CCCc2ccc(OS(=O)(=O)C(F)(F)F)cc21. The van der Waals surface area contributed by atoms with Crippen LogP contribution in [0.4, 0.5) is 13.2 Å². The van der Waals surface area contributed by atoms with Crippen molar-refractivity contribution in [1.82, 2.24) is 10.3 Å². The van der Waals surface area contributed by atoms with Gasteiger partial charge in [-0.15, -0.1) is 11.3 Å². The third-order valence-electron chi connectivity index (χ3n) is 5.95. The smallest absolute Gasteiger partial charge is 0.376 e. The number of hydrogen-bond donors (Lipinski definition) is 1. The summed E-state index contributed by atoms with van der Waals surface area (Å²) >= 11 is 1.45. The van der Waals surface area contributed by atoms with Crippen LogP contribution in [0.3, 0.4) is 0 Å². The van der Waals surface area contributed by atoms with Crippen LogP contribution < -0.4 is 9.50 Å². The maximum atomic E-state index is 12.7. The number of nitrogens with one attached hydrogen (secondary N) is 1. The quantitative estimate of drug-likeness (QED) is 0.384. The molecule has 6 nitrogen and oxygen atoms in total. The summed E-state index contributed by atoms with van der Waals surface area (Å²) in [6.45, 7) is 2.31. The second-order valence-corrected chi connectivity index (χ2v) is 10.7. The van der Waals surface area contributed by atoms with Crippen molar-refractivity contribution in [1.29, 1.82) is 0 Å². The van der Waals surface area contributed by atoms with Crippen molar-refractivity contribution in [3.05, 3.63) is 58.6 Å². The fourth-order valence-corrected chi connectivity index (χ4v) is 5.34. The zero-order valence-electron chi connectivity index (χ0n) is 17.6. The number of carbonyl (C=O) groups excluding carboxylic acids is 1. The predicted octanol–water partition coefficient (Wildman–Crippen LogP) is 4.94. The van der Waals surface area contributed by atoms with Gasteiger partial charge < -0.3 is 9.50 Å². The van der Waals surface area contributed by atoms with Crippen molar-refractivity contribution in [2.45, 2.75) is 43.5 Å². The minimum absolute atomic E-state index is 0.224. The summed E-state index contributed by atoms with van der Waals surface area (Å²) < 4.78 is 66.2. The average Bonchev–Trinajstić information content (AvgIpc) is 3.21. The molecule has 0 aliphatic heterocycles. The van der Waals surface area contributed by atoms with E-state index in [1.165, 1.54) is 23.5 Å². The number of aryl methyl sites for hydroxylation is 1. The lowest BCUT2D eigenvalue weighted by atomic mass is 9.69. The van der Waals surface area contributed by atoms with E-state index in [1.54, 1.807) is 29.8 Å². The molecule has 1 unspecified atom stereocenters. The van der Waals surface area contributed by atoms with Gasteiger partial charge in [0.15, 0.2) is 0 Å². The highest BCUT2D eigenvalue weighted by atomic mass is 32.2. The number of hydrogen-bond acceptors (Lipinski definition) is 6. The first-order chi connectivity index (χ1) is 15.5. The Bertz CT molecular complexity index is 1300. The van der Waals surface area contributed by atoms with Gasteiger partial charge in [-0.25, -0.2) is 4.98 Å². The summed E-state index contributed by atoms with van der Waals surface area (Å²) in [5.41, 5.74) is -1.22. The van der Waals surface area contributed by atoms with Crippen molar-refractivity contribution >= 4 is 37.6 Å². The third-order valence-corrected chi connectivity index (χ3v) is 7.72. The van der Waals surface area contributed by atoms with Crippen LogP contribution in [-0.4, -0.2) is 31.4 Å². The lowest BCUT2D eigenvalue weighted by molar-refractivity contribution is -0.0500. The molecule has 33 heavy (non-hydrogen) atoms. The number of aromatic nitrogens is 1. The van der Waals surface area contributed by atoms with Gasteiger partial charge in [0.1, 0.15) is 5.75 Å². The molecule has 1 N–H and O–H groups in total. The molecule has 3 aromatic rings. The minimum atomic E-state index is -5.75. The molecule has 1 aromatic heterocycles. The molecule has 0 bridgehead atoms. The molecule has 0 spiro atoms. The summed E-state index contributed by atoms with van der Waals surface area (Å²) in [7, 11) is -5.75. The first-order valence-electron chi connectivity index (χ1n) is 10.2. The summed E-state index contributed by atoms with van der Waals surface area (Å²) in [4.78, 5) is 16.8. The highest BCUT2D eigenvalue weighted by Crippen LogP contribution is 2.41. The molecule has 176 valence electrons. The second-order valence-electron chi connectivity index (χ2n) is 8.26. The molecule has 1 amide bonds. The summed E-state index contributed by atoms with van der Waals surface area (Å²) in [5, 5.41) is 2.90. The topological polar surface area (TPSA) is 85.4 Å². The number of amides is 1. The van der Waals surface area contributed by atoms with E-state index in [-0.39, 0.29) is 11.7 Å². The van der Waals surface area contributed by atoms with Crippen molar-refractivity contribution in [3.63, 3.8) is 0 Å². The van der Waals surface area contributed by atoms with E-state index in [9.17, 15) is 26.4 Å². The Morgan fingerprint density at radius 1 is 1.24 bits per heavy atom. The Morgan fingerprint density at radius 3 is 2.79 bits per heavy atom. The van der Waals surface area contributed by atoms with Crippen LogP contribution in [-0.2, 0) is 22.0 Å². The number of rotatable bonds is 6. The number of nitrogens with zero attached hydrogens (tertiary/aromatic N) is 1. The molecule has 0 saturated carbocycles. The summed E-state index contributed by atoms with van der Waals surface area (Å²) in [6, 6.07) is 9.50. The molecule has 1 aliphatic carbocycles. The van der Waals surface area contributed by atoms with E-state index in [1.807, 2.05) is 6.92 Å².